The van der Waals surface area contributed by atoms with Crippen LogP contribution in [0.3, 0.4) is 0 Å². The van der Waals surface area contributed by atoms with Crippen LogP contribution in [0.2, 0.25) is 24.2 Å². The predicted molar refractivity (Wildman–Crippen MR) is 76.4 cm³/mol. The van der Waals surface area contributed by atoms with Crippen molar-refractivity contribution < 1.29 is 14.3 Å². The summed E-state index contributed by atoms with van der Waals surface area (Å²) in [6.45, 7) is 8.76. The first kappa shape index (κ1) is 17.2. The second kappa shape index (κ2) is 8.29. The summed E-state index contributed by atoms with van der Waals surface area (Å²) in [6, 6.07) is 3.81. The Kier molecular flexibility index (Phi) is 7.90. The van der Waals surface area contributed by atoms with Gasteiger partial charge in [-0.25, -0.2) is 4.79 Å². The van der Waals surface area contributed by atoms with Crippen molar-refractivity contribution in [3.05, 3.63) is 0 Å². The molecule has 2 amide bonds. The summed E-state index contributed by atoms with van der Waals surface area (Å²) in [5.74, 6) is -0.0895. The molecule has 0 N–H and O–H groups in total. The summed E-state index contributed by atoms with van der Waals surface area (Å²) in [4.78, 5) is 24.8. The van der Waals surface area contributed by atoms with Gasteiger partial charge in [0.15, 0.2) is 0 Å². The van der Waals surface area contributed by atoms with Crippen LogP contribution < -0.4 is 0 Å². The largest absolute Gasteiger partial charge is 0.449 e. The number of amides is 2. The highest BCUT2D eigenvalue weighted by Crippen LogP contribution is 2.25. The Labute approximate surface area is 112 Å². The van der Waals surface area contributed by atoms with Crippen LogP contribution in [0.5, 0.6) is 0 Å². The lowest BCUT2D eigenvalue weighted by molar-refractivity contribution is -0.126. The standard InChI is InChI=1S/C13H27NO3Si/c1-6-10-17-13(16)14(5)12(15)11-18(7-2,8-3)9-4/h6-11H2,1-5H3. The first-order chi connectivity index (χ1) is 8.46. The lowest BCUT2D eigenvalue weighted by Gasteiger charge is -2.28. The first-order valence-corrected chi connectivity index (χ1v) is 9.72. The number of carbonyl (C=O) groups excluding carboxylic acids is 2. The first-order valence-electron chi connectivity index (χ1n) is 6.89. The Morgan fingerprint density at radius 3 is 1.94 bits per heavy atom. The van der Waals surface area contributed by atoms with Crippen molar-refractivity contribution >= 4 is 20.1 Å². The molecule has 0 fully saturated rings. The highest BCUT2D eigenvalue weighted by molar-refractivity contribution is 6.82. The molecular formula is C13H27NO3Si. The number of imide groups is 1. The van der Waals surface area contributed by atoms with Crippen molar-refractivity contribution in [2.45, 2.75) is 58.3 Å². The van der Waals surface area contributed by atoms with Crippen LogP contribution in [-0.2, 0) is 9.53 Å². The van der Waals surface area contributed by atoms with E-state index in [2.05, 4.69) is 20.8 Å². The Balaban J connectivity index is 4.50. The summed E-state index contributed by atoms with van der Waals surface area (Å²) in [7, 11) is -0.00501. The van der Waals surface area contributed by atoms with E-state index in [1.807, 2.05) is 6.92 Å². The SMILES string of the molecule is CCCOC(=O)N(C)C(=O)C[Si](CC)(CC)CC. The highest BCUT2D eigenvalue weighted by atomic mass is 28.3. The fourth-order valence-electron chi connectivity index (χ4n) is 1.95. The fourth-order valence-corrected chi connectivity index (χ4v) is 5.08. The third-order valence-corrected chi connectivity index (χ3v) is 9.41. The van der Waals surface area contributed by atoms with Crippen LogP contribution in [0.4, 0.5) is 4.79 Å². The molecule has 4 nitrogen and oxygen atoms in total. The molecule has 0 heterocycles. The number of hydrogen-bond donors (Lipinski definition) is 0. The van der Waals surface area contributed by atoms with E-state index in [1.54, 1.807) is 0 Å². The van der Waals surface area contributed by atoms with E-state index < -0.39 is 14.2 Å². The normalized spacial score (nSPS) is 11.2. The topological polar surface area (TPSA) is 46.6 Å². The van der Waals surface area contributed by atoms with Crippen LogP contribution in [0.15, 0.2) is 0 Å². The van der Waals surface area contributed by atoms with Gasteiger partial charge in [-0.3, -0.25) is 9.69 Å². The molecule has 0 atom stereocenters. The monoisotopic (exact) mass is 273 g/mol. The minimum Gasteiger partial charge on any atom is -0.449 e. The average molecular weight is 273 g/mol. The molecule has 0 rings (SSSR count). The van der Waals surface area contributed by atoms with Crippen LogP contribution in [0, 0.1) is 0 Å². The number of ether oxygens (including phenoxy) is 1. The quantitative estimate of drug-likeness (QED) is 0.667. The van der Waals surface area contributed by atoms with E-state index in [9.17, 15) is 9.59 Å². The zero-order valence-corrected chi connectivity index (χ0v) is 13.4. The molecule has 0 aromatic rings. The summed E-state index contributed by atoms with van der Waals surface area (Å²) in [6.07, 6.45) is 0.249. The minimum atomic E-state index is -1.52. The van der Waals surface area contributed by atoms with E-state index in [1.165, 1.54) is 7.05 Å². The van der Waals surface area contributed by atoms with Crippen molar-refractivity contribution in [2.24, 2.45) is 0 Å². The van der Waals surface area contributed by atoms with E-state index in [0.29, 0.717) is 12.7 Å². The molecule has 0 aromatic carbocycles. The third kappa shape index (κ3) is 4.80. The molecular weight excluding hydrogens is 246 g/mol. The molecule has 0 bridgehead atoms. The maximum Gasteiger partial charge on any atom is 0.416 e. The Morgan fingerprint density at radius 1 is 1.06 bits per heavy atom. The smallest absolute Gasteiger partial charge is 0.416 e. The molecule has 0 spiro atoms. The number of carbonyl (C=O) groups is 2. The summed E-state index contributed by atoms with van der Waals surface area (Å²) < 4.78 is 4.97. The van der Waals surface area contributed by atoms with Crippen LogP contribution in [0.1, 0.15) is 34.1 Å². The van der Waals surface area contributed by atoms with Gasteiger partial charge >= 0.3 is 6.09 Å². The second-order valence-electron chi connectivity index (χ2n) is 4.80. The van der Waals surface area contributed by atoms with Gasteiger partial charge in [0.1, 0.15) is 0 Å². The Morgan fingerprint density at radius 2 is 1.56 bits per heavy atom. The molecule has 0 aliphatic rings. The van der Waals surface area contributed by atoms with Crippen LogP contribution in [0.25, 0.3) is 0 Å². The van der Waals surface area contributed by atoms with Gasteiger partial charge in [-0.15, -0.1) is 0 Å². The number of rotatable bonds is 7. The fraction of sp³-hybridized carbons (Fsp3) is 0.846. The van der Waals surface area contributed by atoms with E-state index >= 15 is 0 Å². The van der Waals surface area contributed by atoms with Gasteiger partial charge in [-0.1, -0.05) is 45.8 Å². The van der Waals surface area contributed by atoms with Crippen molar-refractivity contribution in [1.29, 1.82) is 0 Å². The van der Waals surface area contributed by atoms with Crippen LogP contribution in [-0.4, -0.2) is 38.6 Å². The van der Waals surface area contributed by atoms with Gasteiger partial charge in [-0.2, -0.15) is 0 Å². The van der Waals surface area contributed by atoms with Crippen molar-refractivity contribution in [2.75, 3.05) is 13.7 Å². The molecule has 0 unspecified atom stereocenters. The van der Waals surface area contributed by atoms with Gasteiger partial charge in [0.05, 0.1) is 14.7 Å². The molecule has 0 radical (unpaired) electrons. The van der Waals surface area contributed by atoms with Crippen molar-refractivity contribution in [3.63, 3.8) is 0 Å². The number of nitrogens with zero attached hydrogens (tertiary/aromatic N) is 1. The van der Waals surface area contributed by atoms with E-state index in [-0.39, 0.29) is 5.91 Å². The van der Waals surface area contributed by atoms with Gasteiger partial charge in [0.2, 0.25) is 5.91 Å². The average Bonchev–Trinajstić information content (AvgIpc) is 2.41. The van der Waals surface area contributed by atoms with E-state index in [4.69, 9.17) is 4.74 Å². The van der Waals surface area contributed by atoms with Gasteiger partial charge in [0, 0.05) is 13.1 Å². The van der Waals surface area contributed by atoms with Crippen LogP contribution >= 0.6 is 0 Å². The second-order valence-corrected chi connectivity index (χ2v) is 10.3. The lowest BCUT2D eigenvalue weighted by atomic mass is 10.5. The molecule has 5 heteroatoms. The summed E-state index contributed by atoms with van der Waals surface area (Å²) in [5.41, 5.74) is 0. The molecule has 0 aromatic heterocycles. The molecule has 0 aliphatic carbocycles. The molecule has 0 aliphatic heterocycles. The maximum absolute atomic E-state index is 12.1. The molecule has 106 valence electrons. The zero-order chi connectivity index (χ0) is 14.2. The zero-order valence-electron chi connectivity index (χ0n) is 12.4. The van der Waals surface area contributed by atoms with Gasteiger partial charge in [-0.05, 0) is 6.42 Å². The van der Waals surface area contributed by atoms with Gasteiger partial charge in [0.25, 0.3) is 0 Å². The van der Waals surface area contributed by atoms with Crippen molar-refractivity contribution in [1.82, 2.24) is 4.90 Å². The highest BCUT2D eigenvalue weighted by Gasteiger charge is 2.32. The maximum atomic E-state index is 12.1. The Hall–Kier alpha value is -0.843. The lowest BCUT2D eigenvalue weighted by Crippen LogP contribution is -2.41. The third-order valence-electron chi connectivity index (χ3n) is 3.85. The molecule has 0 saturated heterocycles. The molecule has 18 heavy (non-hydrogen) atoms. The predicted octanol–water partition coefficient (Wildman–Crippen LogP) is 3.50. The van der Waals surface area contributed by atoms with Gasteiger partial charge < -0.3 is 4.74 Å². The van der Waals surface area contributed by atoms with Crippen molar-refractivity contribution in [3.8, 4) is 0 Å². The van der Waals surface area contributed by atoms with E-state index in [0.717, 1.165) is 29.5 Å². The summed E-state index contributed by atoms with van der Waals surface area (Å²) in [5, 5.41) is 0. The minimum absolute atomic E-state index is 0.0895. The summed E-state index contributed by atoms with van der Waals surface area (Å²) >= 11 is 0. The Bertz CT molecular complexity index is 269. The molecule has 0 saturated carbocycles. The number of hydrogen-bond acceptors (Lipinski definition) is 3.